The van der Waals surface area contributed by atoms with Crippen molar-refractivity contribution >= 4 is 0 Å². The quantitative estimate of drug-likeness (QED) is 0.517. The van der Waals surface area contributed by atoms with Crippen LogP contribution in [-0.4, -0.2) is 12.7 Å². The minimum absolute atomic E-state index is 0.688. The van der Waals surface area contributed by atoms with Crippen LogP contribution in [0.2, 0.25) is 0 Å². The Hall–Kier alpha value is -0.0400. The fourth-order valence-corrected chi connectivity index (χ4v) is 3.47. The third kappa shape index (κ3) is 4.28. The lowest BCUT2D eigenvalue weighted by Gasteiger charge is -2.07. The molecule has 1 aliphatic carbocycles. The summed E-state index contributed by atoms with van der Waals surface area (Å²) in [5.41, 5.74) is 0. The second kappa shape index (κ2) is 7.41. The van der Waals surface area contributed by atoms with Crippen LogP contribution < -0.4 is 0 Å². The maximum atomic E-state index is 5.79. The molecule has 2 aliphatic rings. The molecule has 2 rings (SSSR count). The van der Waals surface area contributed by atoms with E-state index in [-0.39, 0.29) is 0 Å². The van der Waals surface area contributed by atoms with Gasteiger partial charge in [-0.3, -0.25) is 0 Å². The largest absolute Gasteiger partial charge is 0.378 e. The van der Waals surface area contributed by atoms with Gasteiger partial charge in [0.2, 0.25) is 0 Å². The molecule has 100 valence electrons. The van der Waals surface area contributed by atoms with Gasteiger partial charge in [-0.05, 0) is 31.1 Å². The van der Waals surface area contributed by atoms with Gasteiger partial charge in [0, 0.05) is 6.61 Å². The Balaban J connectivity index is 1.37. The molecule has 0 aromatic rings. The lowest BCUT2D eigenvalue weighted by atomic mass is 10.0. The molecule has 0 spiro atoms. The fourth-order valence-electron chi connectivity index (χ4n) is 3.47. The highest BCUT2D eigenvalue weighted by Gasteiger charge is 2.51. The van der Waals surface area contributed by atoms with Crippen molar-refractivity contribution in [2.24, 2.45) is 11.8 Å². The molecule has 1 saturated carbocycles. The van der Waals surface area contributed by atoms with Gasteiger partial charge in [0.15, 0.2) is 0 Å². The number of hydrogen-bond acceptors (Lipinski definition) is 1. The van der Waals surface area contributed by atoms with Crippen molar-refractivity contribution in [3.05, 3.63) is 0 Å². The molecule has 0 bridgehead atoms. The predicted octanol–water partition coefficient (Wildman–Crippen LogP) is 4.94. The Morgan fingerprint density at radius 3 is 2.29 bits per heavy atom. The second-order valence-corrected chi connectivity index (χ2v) is 6.07. The highest BCUT2D eigenvalue weighted by Crippen LogP contribution is 2.50. The molecule has 1 nitrogen and oxygen atoms in total. The summed E-state index contributed by atoms with van der Waals surface area (Å²) < 4.78 is 5.79. The highest BCUT2D eigenvalue weighted by molar-refractivity contribution is 5.00. The van der Waals surface area contributed by atoms with E-state index in [9.17, 15) is 0 Å². The number of hydrogen-bond donors (Lipinski definition) is 0. The van der Waals surface area contributed by atoms with E-state index in [2.05, 4.69) is 6.92 Å². The topological polar surface area (TPSA) is 9.23 Å². The van der Waals surface area contributed by atoms with Gasteiger partial charge in [-0.15, -0.1) is 0 Å². The predicted molar refractivity (Wildman–Crippen MR) is 73.2 cm³/mol. The SMILES string of the molecule is CCCCCCCCCCC1C2CCCOC12. The van der Waals surface area contributed by atoms with Crippen molar-refractivity contribution < 1.29 is 4.74 Å². The average molecular weight is 238 g/mol. The van der Waals surface area contributed by atoms with Crippen LogP contribution in [0.3, 0.4) is 0 Å². The standard InChI is InChI=1S/C16H30O/c1-2-3-4-5-6-7-8-9-11-14-15-12-10-13-17-16(14)15/h14-16H,2-13H2,1H3. The number of unbranched alkanes of at least 4 members (excludes halogenated alkanes) is 7. The Morgan fingerprint density at radius 2 is 1.65 bits per heavy atom. The molecule has 17 heavy (non-hydrogen) atoms. The molecule has 2 fully saturated rings. The zero-order valence-corrected chi connectivity index (χ0v) is 11.6. The number of rotatable bonds is 9. The first-order chi connectivity index (χ1) is 8.43. The number of fused-ring (bicyclic) bond motifs is 1. The van der Waals surface area contributed by atoms with Gasteiger partial charge in [-0.2, -0.15) is 0 Å². The molecular weight excluding hydrogens is 208 g/mol. The van der Waals surface area contributed by atoms with Gasteiger partial charge in [0.25, 0.3) is 0 Å². The molecule has 1 heteroatoms. The van der Waals surface area contributed by atoms with Crippen LogP contribution in [-0.2, 0) is 4.74 Å². The van der Waals surface area contributed by atoms with Gasteiger partial charge in [0.1, 0.15) is 0 Å². The molecule has 0 aromatic carbocycles. The summed E-state index contributed by atoms with van der Waals surface area (Å²) in [6, 6.07) is 0. The van der Waals surface area contributed by atoms with E-state index in [1.54, 1.807) is 0 Å². The molecule has 0 aromatic heterocycles. The third-order valence-electron chi connectivity index (χ3n) is 4.64. The van der Waals surface area contributed by atoms with Crippen molar-refractivity contribution in [1.29, 1.82) is 0 Å². The Morgan fingerprint density at radius 1 is 0.941 bits per heavy atom. The average Bonchev–Trinajstić information content (AvgIpc) is 3.06. The first-order valence-electron chi connectivity index (χ1n) is 8.05. The van der Waals surface area contributed by atoms with Crippen molar-refractivity contribution in [2.75, 3.05) is 6.61 Å². The summed E-state index contributed by atoms with van der Waals surface area (Å²) in [4.78, 5) is 0. The van der Waals surface area contributed by atoms with Crippen LogP contribution in [0.5, 0.6) is 0 Å². The summed E-state index contributed by atoms with van der Waals surface area (Å²) >= 11 is 0. The van der Waals surface area contributed by atoms with Crippen LogP contribution in [0.25, 0.3) is 0 Å². The summed E-state index contributed by atoms with van der Waals surface area (Å²) in [6.07, 6.45) is 16.5. The first-order valence-corrected chi connectivity index (χ1v) is 8.05. The zero-order valence-electron chi connectivity index (χ0n) is 11.6. The lowest BCUT2D eigenvalue weighted by Crippen LogP contribution is -2.05. The van der Waals surface area contributed by atoms with Gasteiger partial charge in [0.05, 0.1) is 6.10 Å². The number of ether oxygens (including phenoxy) is 1. The summed E-state index contributed by atoms with van der Waals surface area (Å²) in [6.45, 7) is 3.33. The van der Waals surface area contributed by atoms with Gasteiger partial charge in [-0.1, -0.05) is 58.3 Å². The monoisotopic (exact) mass is 238 g/mol. The van der Waals surface area contributed by atoms with E-state index >= 15 is 0 Å². The van der Waals surface area contributed by atoms with Crippen LogP contribution in [0.15, 0.2) is 0 Å². The smallest absolute Gasteiger partial charge is 0.0638 e. The van der Waals surface area contributed by atoms with Gasteiger partial charge >= 0.3 is 0 Å². The Bertz CT molecular complexity index is 190. The van der Waals surface area contributed by atoms with Crippen molar-refractivity contribution in [1.82, 2.24) is 0 Å². The van der Waals surface area contributed by atoms with E-state index in [4.69, 9.17) is 4.74 Å². The Kier molecular flexibility index (Phi) is 5.84. The molecule has 3 atom stereocenters. The van der Waals surface area contributed by atoms with E-state index in [1.165, 1.54) is 70.6 Å². The maximum Gasteiger partial charge on any atom is 0.0638 e. The van der Waals surface area contributed by atoms with E-state index in [0.29, 0.717) is 6.10 Å². The van der Waals surface area contributed by atoms with Crippen LogP contribution >= 0.6 is 0 Å². The molecular formula is C16H30O. The molecule has 1 heterocycles. The summed E-state index contributed by atoms with van der Waals surface area (Å²) in [5, 5.41) is 0. The van der Waals surface area contributed by atoms with Crippen molar-refractivity contribution in [2.45, 2.75) is 83.7 Å². The van der Waals surface area contributed by atoms with Crippen LogP contribution in [0.1, 0.15) is 77.6 Å². The molecule has 3 unspecified atom stereocenters. The Labute approximate surface area is 107 Å². The van der Waals surface area contributed by atoms with E-state index in [1.807, 2.05) is 0 Å². The summed E-state index contributed by atoms with van der Waals surface area (Å²) in [7, 11) is 0. The molecule has 0 N–H and O–H groups in total. The van der Waals surface area contributed by atoms with E-state index in [0.717, 1.165) is 18.4 Å². The third-order valence-corrected chi connectivity index (χ3v) is 4.64. The fraction of sp³-hybridized carbons (Fsp3) is 1.00. The second-order valence-electron chi connectivity index (χ2n) is 6.07. The van der Waals surface area contributed by atoms with Gasteiger partial charge in [-0.25, -0.2) is 0 Å². The first kappa shape index (κ1) is 13.4. The minimum Gasteiger partial charge on any atom is -0.378 e. The van der Waals surface area contributed by atoms with E-state index < -0.39 is 0 Å². The lowest BCUT2D eigenvalue weighted by molar-refractivity contribution is 0.0748. The zero-order chi connectivity index (χ0) is 11.9. The highest BCUT2D eigenvalue weighted by atomic mass is 16.5. The molecule has 0 amide bonds. The summed E-state index contributed by atoms with van der Waals surface area (Å²) in [5.74, 6) is 1.92. The van der Waals surface area contributed by atoms with Gasteiger partial charge < -0.3 is 4.74 Å². The van der Waals surface area contributed by atoms with Crippen LogP contribution in [0.4, 0.5) is 0 Å². The minimum atomic E-state index is 0.688. The molecule has 0 radical (unpaired) electrons. The van der Waals surface area contributed by atoms with Crippen LogP contribution in [0, 0.1) is 11.8 Å². The normalized spacial score (nSPS) is 31.2. The maximum absolute atomic E-state index is 5.79. The molecule has 1 saturated heterocycles. The van der Waals surface area contributed by atoms with Crippen molar-refractivity contribution in [3.8, 4) is 0 Å². The molecule has 1 aliphatic heterocycles. The van der Waals surface area contributed by atoms with Crippen molar-refractivity contribution in [3.63, 3.8) is 0 Å².